The fraction of sp³-hybridized carbons (Fsp3) is 0.941. The summed E-state index contributed by atoms with van der Waals surface area (Å²) >= 11 is 0. The van der Waals surface area contributed by atoms with E-state index < -0.39 is 49.5 Å². The zero-order valence-corrected chi connectivity index (χ0v) is 39.2. The molecule has 0 aromatic heterocycles. The molecule has 1 heterocycles. The van der Waals surface area contributed by atoms with E-state index >= 15 is 0 Å². The van der Waals surface area contributed by atoms with Gasteiger partial charge in [-0.15, -0.1) is 0 Å². The number of carbonyl (C=O) groups is 1. The second-order valence-electron chi connectivity index (χ2n) is 18.3. The van der Waals surface area contributed by atoms with Gasteiger partial charge in [0, 0.05) is 6.42 Å². The highest BCUT2D eigenvalue weighted by Gasteiger charge is 2.44. The number of hydrogen-bond donors (Lipinski definition) is 6. The number of allylic oxidation sites excluding steroid dienone is 1. The van der Waals surface area contributed by atoms with Gasteiger partial charge >= 0.3 is 0 Å². The van der Waals surface area contributed by atoms with Gasteiger partial charge in [0.05, 0.1) is 25.4 Å². The minimum atomic E-state index is -1.56. The maximum absolute atomic E-state index is 13.0. The number of rotatable bonds is 44. The van der Waals surface area contributed by atoms with E-state index in [1.165, 1.54) is 193 Å². The van der Waals surface area contributed by atoms with Gasteiger partial charge in [-0.3, -0.25) is 4.79 Å². The molecule has 0 aliphatic carbocycles. The summed E-state index contributed by atoms with van der Waals surface area (Å²) in [7, 11) is 0. The van der Waals surface area contributed by atoms with E-state index in [0.29, 0.717) is 6.42 Å². The SMILES string of the molecule is CCCCCCCCCCCCCCC/C=C/[C@@H](O)[C@H](CO[C@H]1O[C@@H](CO)[C@H](O)C(O)C1O)NC(=O)CCCCCCCCCCCCCCCCCCCCCCCC. The second-order valence-corrected chi connectivity index (χ2v) is 18.3. The number of amides is 1. The molecule has 1 aliphatic rings. The highest BCUT2D eigenvalue weighted by atomic mass is 16.7. The van der Waals surface area contributed by atoms with Crippen LogP contribution in [0.4, 0.5) is 0 Å². The first-order chi connectivity index (χ1) is 29.3. The van der Waals surface area contributed by atoms with Crippen molar-refractivity contribution >= 4 is 5.91 Å². The minimum Gasteiger partial charge on any atom is -0.394 e. The highest BCUT2D eigenvalue weighted by molar-refractivity contribution is 5.76. The third-order valence-electron chi connectivity index (χ3n) is 12.6. The molecule has 1 fully saturated rings. The van der Waals surface area contributed by atoms with Gasteiger partial charge in [0.1, 0.15) is 24.4 Å². The summed E-state index contributed by atoms with van der Waals surface area (Å²) in [6, 6.07) is -0.799. The van der Waals surface area contributed by atoms with Crippen LogP contribution >= 0.6 is 0 Å². The van der Waals surface area contributed by atoms with Crippen molar-refractivity contribution in [3.8, 4) is 0 Å². The molecule has 1 saturated heterocycles. The Hall–Kier alpha value is -1.07. The Morgan fingerprint density at radius 2 is 0.917 bits per heavy atom. The van der Waals surface area contributed by atoms with Gasteiger partial charge in [-0.1, -0.05) is 238 Å². The molecule has 0 aromatic rings. The van der Waals surface area contributed by atoms with Crippen LogP contribution in [0.1, 0.15) is 251 Å². The van der Waals surface area contributed by atoms with Gasteiger partial charge < -0.3 is 40.3 Å². The molecule has 6 N–H and O–H groups in total. The van der Waals surface area contributed by atoms with E-state index in [4.69, 9.17) is 9.47 Å². The average molecular weight is 854 g/mol. The number of carbonyl (C=O) groups excluding carboxylic acids is 1. The van der Waals surface area contributed by atoms with E-state index in [0.717, 1.165) is 38.5 Å². The molecule has 1 rings (SSSR count). The Labute approximate surface area is 369 Å². The first-order valence-electron chi connectivity index (χ1n) is 25.9. The lowest BCUT2D eigenvalue weighted by atomic mass is 9.99. The van der Waals surface area contributed by atoms with Crippen molar-refractivity contribution in [3.63, 3.8) is 0 Å². The molecule has 9 nitrogen and oxygen atoms in total. The smallest absolute Gasteiger partial charge is 0.220 e. The van der Waals surface area contributed by atoms with Crippen molar-refractivity contribution in [1.29, 1.82) is 0 Å². The Bertz CT molecular complexity index is 950. The van der Waals surface area contributed by atoms with Crippen LogP contribution in [0.2, 0.25) is 0 Å². The van der Waals surface area contributed by atoms with E-state index in [-0.39, 0.29) is 12.5 Å². The standard InChI is InChI=1S/C51H99NO8/c1-3-5-7-9-11-13-15-17-19-20-21-22-23-24-25-27-29-31-33-35-37-39-41-47(55)52-44(43-59-51-50(58)49(57)48(56)46(42-53)60-51)45(54)40-38-36-34-32-30-28-26-18-16-14-12-10-8-6-4-2/h38,40,44-46,48-51,53-54,56-58H,3-37,39,41-43H2,1-2H3,(H,52,55)/b40-38+/t44-,45+,46-,48-,49?,50?,51-/m0/s1. The number of hydrogen-bond acceptors (Lipinski definition) is 8. The van der Waals surface area contributed by atoms with Crippen LogP contribution in [0, 0.1) is 0 Å². The van der Waals surface area contributed by atoms with Crippen LogP contribution in [0.15, 0.2) is 12.2 Å². The topological polar surface area (TPSA) is 149 Å². The Balaban J connectivity index is 2.25. The molecule has 0 saturated carbocycles. The van der Waals surface area contributed by atoms with Crippen molar-refractivity contribution in [2.24, 2.45) is 0 Å². The van der Waals surface area contributed by atoms with E-state index in [1.54, 1.807) is 6.08 Å². The maximum Gasteiger partial charge on any atom is 0.220 e. The molecule has 0 aromatic carbocycles. The number of unbranched alkanes of at least 4 members (excludes halogenated alkanes) is 34. The van der Waals surface area contributed by atoms with Gasteiger partial charge in [-0.25, -0.2) is 0 Å². The molecule has 7 atom stereocenters. The molecule has 60 heavy (non-hydrogen) atoms. The Morgan fingerprint density at radius 3 is 1.30 bits per heavy atom. The quantitative estimate of drug-likeness (QED) is 0.0262. The minimum absolute atomic E-state index is 0.172. The lowest BCUT2D eigenvalue weighted by Crippen LogP contribution is -2.60. The number of nitrogens with one attached hydrogen (secondary N) is 1. The summed E-state index contributed by atoms with van der Waals surface area (Å²) in [5.41, 5.74) is 0. The van der Waals surface area contributed by atoms with Gasteiger partial charge in [0.15, 0.2) is 6.29 Å². The summed E-state index contributed by atoms with van der Waals surface area (Å²) in [6.45, 7) is 3.80. The van der Waals surface area contributed by atoms with Gasteiger partial charge in [0.2, 0.25) is 5.91 Å². The summed E-state index contributed by atoms with van der Waals surface area (Å²) in [6.07, 6.45) is 42.6. The third kappa shape index (κ3) is 31.7. The first-order valence-corrected chi connectivity index (χ1v) is 25.9. The fourth-order valence-electron chi connectivity index (χ4n) is 8.45. The first kappa shape index (κ1) is 56.9. The van der Waals surface area contributed by atoms with Gasteiger partial charge in [0.25, 0.3) is 0 Å². The molecule has 0 radical (unpaired) electrons. The number of ether oxygens (including phenoxy) is 2. The normalized spacial score (nSPS) is 20.6. The van der Waals surface area contributed by atoms with Crippen molar-refractivity contribution in [2.45, 2.75) is 294 Å². The molecular weight excluding hydrogens is 755 g/mol. The van der Waals surface area contributed by atoms with Crippen LogP contribution in [-0.2, 0) is 14.3 Å². The second kappa shape index (κ2) is 41.9. The number of aliphatic hydroxyl groups is 5. The van der Waals surface area contributed by atoms with Crippen molar-refractivity contribution in [1.82, 2.24) is 5.32 Å². The predicted molar refractivity (Wildman–Crippen MR) is 249 cm³/mol. The maximum atomic E-state index is 13.0. The van der Waals surface area contributed by atoms with E-state index in [2.05, 4.69) is 19.2 Å². The molecule has 2 unspecified atom stereocenters. The van der Waals surface area contributed by atoms with Crippen LogP contribution in [0.25, 0.3) is 0 Å². The fourth-order valence-corrected chi connectivity index (χ4v) is 8.45. The highest BCUT2D eigenvalue weighted by Crippen LogP contribution is 2.23. The molecular formula is C51H99NO8. The lowest BCUT2D eigenvalue weighted by Gasteiger charge is -2.40. The van der Waals surface area contributed by atoms with E-state index in [1.807, 2.05) is 6.08 Å². The van der Waals surface area contributed by atoms with Crippen molar-refractivity contribution < 1.29 is 39.8 Å². The zero-order chi connectivity index (χ0) is 43.7. The molecule has 1 amide bonds. The molecule has 1 aliphatic heterocycles. The van der Waals surface area contributed by atoms with Crippen molar-refractivity contribution in [3.05, 3.63) is 12.2 Å². The molecule has 0 bridgehead atoms. The Morgan fingerprint density at radius 1 is 0.550 bits per heavy atom. The van der Waals surface area contributed by atoms with E-state index in [9.17, 15) is 30.3 Å². The van der Waals surface area contributed by atoms with Gasteiger partial charge in [-0.05, 0) is 19.3 Å². The van der Waals surface area contributed by atoms with Gasteiger partial charge in [-0.2, -0.15) is 0 Å². The lowest BCUT2D eigenvalue weighted by molar-refractivity contribution is -0.302. The monoisotopic (exact) mass is 854 g/mol. The predicted octanol–water partition coefficient (Wildman–Crippen LogP) is 11.7. The molecule has 0 spiro atoms. The summed E-state index contributed by atoms with van der Waals surface area (Å²) < 4.78 is 11.2. The van der Waals surface area contributed by atoms with Crippen molar-refractivity contribution in [2.75, 3.05) is 13.2 Å². The van der Waals surface area contributed by atoms with Crippen LogP contribution in [-0.4, -0.2) is 87.5 Å². The Kier molecular flexibility index (Phi) is 39.8. The van der Waals surface area contributed by atoms with Crippen LogP contribution < -0.4 is 5.32 Å². The van der Waals surface area contributed by atoms with Crippen LogP contribution in [0.3, 0.4) is 0 Å². The largest absolute Gasteiger partial charge is 0.394 e. The summed E-state index contributed by atoms with van der Waals surface area (Å²) in [5.74, 6) is -0.172. The zero-order valence-electron chi connectivity index (χ0n) is 39.2. The average Bonchev–Trinajstić information content (AvgIpc) is 3.25. The summed E-state index contributed by atoms with van der Waals surface area (Å²) in [5, 5.41) is 54.3. The summed E-state index contributed by atoms with van der Waals surface area (Å²) in [4.78, 5) is 13.0. The third-order valence-corrected chi connectivity index (χ3v) is 12.6. The molecule has 356 valence electrons. The molecule has 9 heteroatoms. The van der Waals surface area contributed by atoms with Crippen LogP contribution in [0.5, 0.6) is 0 Å². The number of aliphatic hydroxyl groups excluding tert-OH is 5.